The third-order valence-corrected chi connectivity index (χ3v) is 10.0. The quantitative estimate of drug-likeness (QED) is 0.345. The first-order valence-electron chi connectivity index (χ1n) is 13.9. The number of ether oxygens (including phenoxy) is 1. The summed E-state index contributed by atoms with van der Waals surface area (Å²) in [6, 6.07) is 26.4. The lowest BCUT2D eigenvalue weighted by Crippen LogP contribution is -2.62. The Kier molecular flexibility index (Phi) is 4.65. The van der Waals surface area contributed by atoms with Crippen molar-refractivity contribution in [3.63, 3.8) is 0 Å². The predicted octanol–water partition coefficient (Wildman–Crippen LogP) is 5.13. The molecule has 2 saturated heterocycles. The van der Waals surface area contributed by atoms with Crippen molar-refractivity contribution in [3.8, 4) is 5.75 Å². The van der Waals surface area contributed by atoms with Crippen molar-refractivity contribution in [3.05, 3.63) is 107 Å². The first-order chi connectivity index (χ1) is 19.5. The maximum Gasteiger partial charge on any atom is 0.253 e. The zero-order chi connectivity index (χ0) is 27.4. The number of nitrogens with zero attached hydrogens (tertiary/aromatic N) is 2. The Morgan fingerprint density at radius 3 is 2.40 bits per heavy atom. The lowest BCUT2D eigenvalue weighted by molar-refractivity contribution is -0.130. The van der Waals surface area contributed by atoms with Gasteiger partial charge in [0.25, 0.3) is 5.91 Å². The molecule has 3 aliphatic heterocycles. The van der Waals surface area contributed by atoms with Gasteiger partial charge in [0.1, 0.15) is 16.7 Å². The number of fused-ring (bicyclic) bond motifs is 6. The van der Waals surface area contributed by atoms with E-state index >= 15 is 4.79 Å². The molecule has 2 fully saturated rings. The highest BCUT2D eigenvalue weighted by molar-refractivity contribution is 6.28. The van der Waals surface area contributed by atoms with Crippen LogP contribution in [0.5, 0.6) is 5.75 Å². The first kappa shape index (κ1) is 23.6. The third kappa shape index (κ3) is 2.43. The summed E-state index contributed by atoms with van der Waals surface area (Å²) in [4.78, 5) is 48.9. The van der Waals surface area contributed by atoms with E-state index in [9.17, 15) is 9.59 Å². The zero-order valence-electron chi connectivity index (χ0n) is 22.4. The van der Waals surface area contributed by atoms with Crippen molar-refractivity contribution in [1.29, 1.82) is 0 Å². The second-order valence-corrected chi connectivity index (χ2v) is 11.4. The molecule has 4 aromatic carbocycles. The van der Waals surface area contributed by atoms with E-state index in [2.05, 4.69) is 4.90 Å². The number of Topliss-reactive ketones (excluding diaryl/α,β-unsaturated/α-hetero) is 2. The summed E-state index contributed by atoms with van der Waals surface area (Å²) in [5.41, 5.74) is 0.805. The zero-order valence-corrected chi connectivity index (χ0v) is 22.4. The summed E-state index contributed by atoms with van der Waals surface area (Å²) < 4.78 is 5.35. The van der Waals surface area contributed by atoms with Gasteiger partial charge < -0.3 is 9.64 Å². The van der Waals surface area contributed by atoms with Crippen LogP contribution in [0.3, 0.4) is 0 Å². The number of carbonyl (C=O) groups excluding carboxylic acids is 3. The van der Waals surface area contributed by atoms with Gasteiger partial charge in [0.15, 0.2) is 11.6 Å². The van der Waals surface area contributed by atoms with E-state index in [1.807, 2.05) is 60.7 Å². The van der Waals surface area contributed by atoms with Crippen LogP contribution in [0.15, 0.2) is 84.9 Å². The summed E-state index contributed by atoms with van der Waals surface area (Å²) >= 11 is 0. The van der Waals surface area contributed by atoms with Gasteiger partial charge in [-0.15, -0.1) is 0 Å². The number of rotatable bonds is 3. The molecule has 40 heavy (non-hydrogen) atoms. The number of hydrogen-bond acceptors (Lipinski definition) is 5. The number of amides is 1. The molecule has 0 N–H and O–H groups in total. The third-order valence-electron chi connectivity index (χ3n) is 10.0. The molecule has 2 spiro atoms. The molecule has 1 aliphatic carbocycles. The van der Waals surface area contributed by atoms with Gasteiger partial charge >= 0.3 is 0 Å². The molecule has 0 saturated carbocycles. The van der Waals surface area contributed by atoms with Crippen LogP contribution in [0.2, 0.25) is 0 Å². The average molecular weight is 529 g/mol. The van der Waals surface area contributed by atoms with Gasteiger partial charge in [0.2, 0.25) is 0 Å². The van der Waals surface area contributed by atoms with E-state index in [1.54, 1.807) is 43.3 Å². The van der Waals surface area contributed by atoms with Crippen LogP contribution in [0.25, 0.3) is 10.8 Å². The van der Waals surface area contributed by atoms with Crippen molar-refractivity contribution >= 4 is 33.9 Å². The number of carbonyl (C=O) groups is 3. The van der Waals surface area contributed by atoms with Gasteiger partial charge in [-0.1, -0.05) is 54.6 Å². The van der Waals surface area contributed by atoms with Crippen LogP contribution in [0, 0.1) is 5.92 Å². The fraction of sp³-hybridized carbons (Fsp3) is 0.265. The molecule has 4 aromatic rings. The highest BCUT2D eigenvalue weighted by Gasteiger charge is 2.81. The van der Waals surface area contributed by atoms with Crippen LogP contribution < -0.4 is 9.64 Å². The summed E-state index contributed by atoms with van der Waals surface area (Å²) in [5.74, 6) is -0.443. The Hall–Kier alpha value is -4.29. The van der Waals surface area contributed by atoms with E-state index < -0.39 is 16.9 Å². The maximum atomic E-state index is 15.2. The Bertz CT molecular complexity index is 1770. The van der Waals surface area contributed by atoms with Gasteiger partial charge in [-0.25, -0.2) is 0 Å². The molecule has 1 unspecified atom stereocenters. The summed E-state index contributed by atoms with van der Waals surface area (Å²) in [6.45, 7) is 0.645. The minimum absolute atomic E-state index is 0.102. The SMILES string of the molecule is COc1ccc(C(=O)[C@H]2C3CCCN3[C@@]3(C(=O)N(C)c4ccccc43)[C@]23C(=O)c2cccc4cccc3c24)cc1. The molecular weight excluding hydrogens is 500 g/mol. The molecule has 1 amide bonds. The molecule has 4 atom stereocenters. The van der Waals surface area contributed by atoms with Gasteiger partial charge in [-0.05, 0) is 66.1 Å². The Labute approximate surface area is 232 Å². The van der Waals surface area contributed by atoms with E-state index in [1.165, 1.54) is 0 Å². The molecular formula is C34H28N2O4. The second kappa shape index (κ2) is 7.89. The standard InChI is InChI=1S/C34H28N2O4/c1-35-26-13-4-3-11-24(26)34(32(35)39)33(25-12-6-9-20-8-5-10-23(28(20)25)31(33)38)29(27-14-7-19-36(27)34)30(37)21-15-17-22(40-2)18-16-21/h3-6,8-13,15-18,27,29H,7,14,19H2,1-2H3/t27?,29-,33+,34+/m1/s1. The molecule has 8 rings (SSSR count). The molecule has 3 heterocycles. The lowest BCUT2D eigenvalue weighted by Gasteiger charge is -2.45. The maximum absolute atomic E-state index is 15.2. The summed E-state index contributed by atoms with van der Waals surface area (Å²) in [6.07, 6.45) is 1.61. The number of para-hydroxylation sites is 1. The second-order valence-electron chi connectivity index (χ2n) is 11.4. The van der Waals surface area contributed by atoms with Gasteiger partial charge in [0, 0.05) is 35.5 Å². The fourth-order valence-electron chi connectivity index (χ4n) is 8.66. The molecule has 0 bridgehead atoms. The van der Waals surface area contributed by atoms with Gasteiger partial charge in [-0.3, -0.25) is 19.3 Å². The largest absolute Gasteiger partial charge is 0.497 e. The van der Waals surface area contributed by atoms with Crippen LogP contribution >= 0.6 is 0 Å². The highest BCUT2D eigenvalue weighted by atomic mass is 16.5. The monoisotopic (exact) mass is 528 g/mol. The number of likely N-dealkylation sites (N-methyl/N-ethyl adjacent to an activating group) is 1. The smallest absolute Gasteiger partial charge is 0.253 e. The van der Waals surface area contributed by atoms with Crippen molar-refractivity contribution in [2.45, 2.75) is 29.8 Å². The van der Waals surface area contributed by atoms with E-state index in [4.69, 9.17) is 4.74 Å². The number of methoxy groups -OCH3 is 1. The molecule has 4 aliphatic rings. The minimum atomic E-state index is -1.41. The Morgan fingerprint density at radius 1 is 0.900 bits per heavy atom. The normalized spacial score (nSPS) is 28.2. The van der Waals surface area contributed by atoms with Crippen molar-refractivity contribution in [2.75, 3.05) is 25.6 Å². The predicted molar refractivity (Wildman–Crippen MR) is 152 cm³/mol. The molecule has 0 radical (unpaired) electrons. The van der Waals surface area contributed by atoms with Crippen molar-refractivity contribution in [1.82, 2.24) is 4.90 Å². The molecule has 6 nitrogen and oxygen atoms in total. The number of hydrogen-bond donors (Lipinski definition) is 0. The van der Waals surface area contributed by atoms with Crippen LogP contribution in [-0.2, 0) is 15.7 Å². The van der Waals surface area contributed by atoms with Gasteiger partial charge in [-0.2, -0.15) is 0 Å². The average Bonchev–Trinajstić information content (AvgIpc) is 3.69. The first-order valence-corrected chi connectivity index (χ1v) is 13.9. The Morgan fingerprint density at radius 2 is 1.62 bits per heavy atom. The van der Waals surface area contributed by atoms with Gasteiger partial charge in [0.05, 0.1) is 13.0 Å². The van der Waals surface area contributed by atoms with E-state index in [-0.39, 0.29) is 23.5 Å². The fourth-order valence-corrected chi connectivity index (χ4v) is 8.66. The van der Waals surface area contributed by atoms with E-state index in [0.717, 1.165) is 40.4 Å². The lowest BCUT2D eigenvalue weighted by atomic mass is 9.56. The molecule has 0 aromatic heterocycles. The number of anilines is 1. The number of ketones is 2. The van der Waals surface area contributed by atoms with Crippen molar-refractivity contribution < 1.29 is 19.1 Å². The van der Waals surface area contributed by atoms with Crippen LogP contribution in [0.4, 0.5) is 5.69 Å². The van der Waals surface area contributed by atoms with Crippen LogP contribution in [0.1, 0.15) is 44.7 Å². The van der Waals surface area contributed by atoms with E-state index in [0.29, 0.717) is 23.4 Å². The highest BCUT2D eigenvalue weighted by Crippen LogP contribution is 2.69. The molecule has 198 valence electrons. The topological polar surface area (TPSA) is 66.9 Å². The Balaban J connectivity index is 1.51. The summed E-state index contributed by atoms with van der Waals surface area (Å²) in [5, 5.41) is 1.81. The molecule has 6 heteroatoms. The van der Waals surface area contributed by atoms with Crippen molar-refractivity contribution in [2.24, 2.45) is 5.92 Å². The van der Waals surface area contributed by atoms with Crippen LogP contribution in [-0.4, -0.2) is 49.1 Å². The summed E-state index contributed by atoms with van der Waals surface area (Å²) in [7, 11) is 3.39. The number of benzene rings is 4. The minimum Gasteiger partial charge on any atom is -0.497 e.